The summed E-state index contributed by atoms with van der Waals surface area (Å²) in [6, 6.07) is 11.0. The lowest BCUT2D eigenvalue weighted by Crippen LogP contribution is -2.26. The molecule has 8 heteroatoms. The molecule has 0 heterocycles. The minimum atomic E-state index is -0.505. The number of halogens is 1. The molecule has 0 atom stereocenters. The molecule has 2 amide bonds. The van der Waals surface area contributed by atoms with Crippen molar-refractivity contribution in [2.75, 3.05) is 7.05 Å². The van der Waals surface area contributed by atoms with Crippen LogP contribution in [0.3, 0.4) is 0 Å². The van der Waals surface area contributed by atoms with Crippen LogP contribution in [0.5, 0.6) is 0 Å². The number of nitro groups is 1. The molecule has 0 spiro atoms. The van der Waals surface area contributed by atoms with E-state index < -0.39 is 4.92 Å². The Morgan fingerprint density at radius 3 is 2.42 bits per heavy atom. The molecule has 0 aliphatic carbocycles. The molecule has 0 aliphatic heterocycles. The SMILES string of the molecule is CC(=O)NCc1ccc(C(=O)N(C)Cc2cc([N+](=O)[O-])ccc2Cl)cc1. The van der Waals surface area contributed by atoms with Crippen LogP contribution >= 0.6 is 11.6 Å². The van der Waals surface area contributed by atoms with E-state index in [1.54, 1.807) is 31.3 Å². The Labute approximate surface area is 155 Å². The average molecular weight is 376 g/mol. The fourth-order valence-electron chi connectivity index (χ4n) is 2.34. The molecule has 0 saturated heterocycles. The number of nitrogens with zero attached hydrogens (tertiary/aromatic N) is 2. The fraction of sp³-hybridized carbons (Fsp3) is 0.222. The van der Waals surface area contributed by atoms with Crippen molar-refractivity contribution in [1.29, 1.82) is 0 Å². The Kier molecular flexibility index (Phi) is 6.30. The van der Waals surface area contributed by atoms with E-state index in [-0.39, 0.29) is 24.0 Å². The Bertz CT molecular complexity index is 837. The van der Waals surface area contributed by atoms with Crippen LogP contribution in [0.4, 0.5) is 5.69 Å². The lowest BCUT2D eigenvalue weighted by atomic mass is 10.1. The molecule has 0 unspecified atom stereocenters. The van der Waals surface area contributed by atoms with Gasteiger partial charge in [-0.15, -0.1) is 0 Å². The molecule has 7 nitrogen and oxygen atoms in total. The zero-order chi connectivity index (χ0) is 19.3. The zero-order valence-electron chi connectivity index (χ0n) is 14.4. The predicted octanol–water partition coefficient (Wildman–Crippen LogP) is 3.16. The van der Waals surface area contributed by atoms with Crippen LogP contribution in [0.25, 0.3) is 0 Å². The first-order valence-corrected chi connectivity index (χ1v) is 8.17. The van der Waals surface area contributed by atoms with Crippen LogP contribution < -0.4 is 5.32 Å². The van der Waals surface area contributed by atoms with E-state index in [1.165, 1.54) is 30.0 Å². The maximum Gasteiger partial charge on any atom is 0.269 e. The number of nitrogens with one attached hydrogen (secondary N) is 1. The van der Waals surface area contributed by atoms with Crippen molar-refractivity contribution in [2.45, 2.75) is 20.0 Å². The average Bonchev–Trinajstić information content (AvgIpc) is 2.61. The summed E-state index contributed by atoms with van der Waals surface area (Å²) < 4.78 is 0. The van der Waals surface area contributed by atoms with E-state index in [4.69, 9.17) is 11.6 Å². The number of rotatable bonds is 6. The molecule has 0 aromatic heterocycles. The third kappa shape index (κ3) is 5.03. The van der Waals surface area contributed by atoms with Gasteiger partial charge in [-0.2, -0.15) is 0 Å². The van der Waals surface area contributed by atoms with Gasteiger partial charge >= 0.3 is 0 Å². The highest BCUT2D eigenvalue weighted by Crippen LogP contribution is 2.23. The van der Waals surface area contributed by atoms with E-state index in [0.29, 0.717) is 22.7 Å². The first-order valence-electron chi connectivity index (χ1n) is 7.79. The minimum Gasteiger partial charge on any atom is -0.352 e. The summed E-state index contributed by atoms with van der Waals surface area (Å²) in [5, 5.41) is 13.9. The van der Waals surface area contributed by atoms with Crippen LogP contribution in [-0.4, -0.2) is 28.7 Å². The molecule has 0 saturated carbocycles. The van der Waals surface area contributed by atoms with Crippen molar-refractivity contribution in [3.05, 3.63) is 74.3 Å². The number of amides is 2. The molecule has 2 aromatic carbocycles. The summed E-state index contributed by atoms with van der Waals surface area (Å²) in [5.74, 6) is -0.364. The van der Waals surface area contributed by atoms with Gasteiger partial charge in [0.15, 0.2) is 0 Å². The maximum absolute atomic E-state index is 12.5. The van der Waals surface area contributed by atoms with Gasteiger partial charge in [-0.3, -0.25) is 19.7 Å². The number of carbonyl (C=O) groups excluding carboxylic acids is 2. The molecule has 2 aromatic rings. The first kappa shape index (κ1) is 19.4. The standard InChI is InChI=1S/C18H18ClN3O4/c1-12(23)20-10-13-3-5-14(6-4-13)18(24)21(2)11-15-9-16(22(25)26)7-8-17(15)19/h3-9H,10-11H2,1-2H3,(H,20,23). The second-order valence-corrected chi connectivity index (χ2v) is 6.21. The summed E-state index contributed by atoms with van der Waals surface area (Å²) in [5.41, 5.74) is 1.77. The quantitative estimate of drug-likeness (QED) is 0.620. The fourth-order valence-corrected chi connectivity index (χ4v) is 2.51. The molecule has 2 rings (SSSR count). The van der Waals surface area contributed by atoms with E-state index in [1.807, 2.05) is 0 Å². The van der Waals surface area contributed by atoms with Gasteiger partial charge in [0.1, 0.15) is 0 Å². The smallest absolute Gasteiger partial charge is 0.269 e. The van der Waals surface area contributed by atoms with Crippen molar-refractivity contribution in [1.82, 2.24) is 10.2 Å². The molecule has 1 N–H and O–H groups in total. The van der Waals surface area contributed by atoms with Gasteiger partial charge < -0.3 is 10.2 Å². The highest BCUT2D eigenvalue weighted by atomic mass is 35.5. The summed E-state index contributed by atoms with van der Waals surface area (Å²) >= 11 is 6.08. The number of benzene rings is 2. The van der Waals surface area contributed by atoms with Crippen LogP contribution in [-0.2, 0) is 17.9 Å². The van der Waals surface area contributed by atoms with Gasteiger partial charge in [0.05, 0.1) is 4.92 Å². The van der Waals surface area contributed by atoms with Crippen molar-refractivity contribution >= 4 is 29.1 Å². The number of hydrogen-bond donors (Lipinski definition) is 1. The number of hydrogen-bond acceptors (Lipinski definition) is 4. The largest absolute Gasteiger partial charge is 0.352 e. The molecule has 136 valence electrons. The van der Waals surface area contributed by atoms with Crippen molar-refractivity contribution in [2.24, 2.45) is 0 Å². The summed E-state index contributed by atoms with van der Waals surface area (Å²) in [7, 11) is 1.60. The van der Waals surface area contributed by atoms with Gasteiger partial charge in [0, 0.05) is 49.8 Å². The third-order valence-corrected chi connectivity index (χ3v) is 4.11. The van der Waals surface area contributed by atoms with E-state index in [0.717, 1.165) is 5.56 Å². The topological polar surface area (TPSA) is 92.6 Å². The van der Waals surface area contributed by atoms with Gasteiger partial charge in [-0.1, -0.05) is 23.7 Å². The van der Waals surface area contributed by atoms with E-state index in [9.17, 15) is 19.7 Å². The molecule has 0 radical (unpaired) electrons. The normalized spacial score (nSPS) is 10.3. The minimum absolute atomic E-state index is 0.0763. The number of carbonyl (C=O) groups is 2. The Balaban J connectivity index is 2.09. The molecule has 0 fully saturated rings. The highest BCUT2D eigenvalue weighted by Gasteiger charge is 2.16. The Morgan fingerprint density at radius 2 is 1.85 bits per heavy atom. The van der Waals surface area contributed by atoms with Gasteiger partial charge in [0.25, 0.3) is 11.6 Å². The monoisotopic (exact) mass is 375 g/mol. The van der Waals surface area contributed by atoms with Crippen LogP contribution in [0, 0.1) is 10.1 Å². The predicted molar refractivity (Wildman–Crippen MR) is 97.9 cm³/mol. The number of non-ortho nitro benzene ring substituents is 1. The molecule has 26 heavy (non-hydrogen) atoms. The lowest BCUT2D eigenvalue weighted by molar-refractivity contribution is -0.384. The highest BCUT2D eigenvalue weighted by molar-refractivity contribution is 6.31. The van der Waals surface area contributed by atoms with Crippen molar-refractivity contribution in [3.63, 3.8) is 0 Å². The molecular formula is C18H18ClN3O4. The summed E-state index contributed by atoms with van der Waals surface area (Å²) in [6.07, 6.45) is 0. The van der Waals surface area contributed by atoms with Crippen LogP contribution in [0.1, 0.15) is 28.4 Å². The van der Waals surface area contributed by atoms with Crippen LogP contribution in [0.15, 0.2) is 42.5 Å². The molecule has 0 bridgehead atoms. The van der Waals surface area contributed by atoms with Crippen molar-refractivity contribution in [3.8, 4) is 0 Å². The third-order valence-electron chi connectivity index (χ3n) is 3.74. The first-order chi connectivity index (χ1) is 12.3. The van der Waals surface area contributed by atoms with Gasteiger partial charge in [0.2, 0.25) is 5.91 Å². The summed E-state index contributed by atoms with van der Waals surface area (Å²) in [4.78, 5) is 35.3. The van der Waals surface area contributed by atoms with Gasteiger partial charge in [-0.25, -0.2) is 0 Å². The lowest BCUT2D eigenvalue weighted by Gasteiger charge is -2.18. The summed E-state index contributed by atoms with van der Waals surface area (Å²) in [6.45, 7) is 1.97. The van der Waals surface area contributed by atoms with E-state index >= 15 is 0 Å². The van der Waals surface area contributed by atoms with Gasteiger partial charge in [-0.05, 0) is 29.3 Å². The zero-order valence-corrected chi connectivity index (χ0v) is 15.1. The maximum atomic E-state index is 12.5. The second-order valence-electron chi connectivity index (χ2n) is 5.80. The van der Waals surface area contributed by atoms with E-state index in [2.05, 4.69) is 5.32 Å². The Hall–Kier alpha value is -2.93. The number of nitro benzene ring substituents is 1. The second kappa shape index (κ2) is 8.44. The molecule has 0 aliphatic rings. The van der Waals surface area contributed by atoms with Crippen molar-refractivity contribution < 1.29 is 14.5 Å². The Morgan fingerprint density at radius 1 is 1.19 bits per heavy atom. The molecular weight excluding hydrogens is 358 g/mol. The van der Waals surface area contributed by atoms with Crippen LogP contribution in [0.2, 0.25) is 5.02 Å².